The zero-order chi connectivity index (χ0) is 15.6. The van der Waals surface area contributed by atoms with Gasteiger partial charge in [-0.15, -0.1) is 0 Å². The average Bonchev–Trinajstić information content (AvgIpc) is 2.41. The van der Waals surface area contributed by atoms with E-state index in [4.69, 9.17) is 11.6 Å². The van der Waals surface area contributed by atoms with Gasteiger partial charge in [-0.2, -0.15) is 0 Å². The maximum Gasteiger partial charge on any atom is 0.252 e. The first kappa shape index (κ1) is 15.9. The Morgan fingerprint density at radius 1 is 1.24 bits per heavy atom. The van der Waals surface area contributed by atoms with Crippen molar-refractivity contribution in [3.63, 3.8) is 0 Å². The first-order valence-electron chi connectivity index (χ1n) is 6.09. The molecule has 1 atom stereocenters. The number of carbonyl (C=O) groups excluding carboxylic acids is 1. The molecule has 0 radical (unpaired) electrons. The summed E-state index contributed by atoms with van der Waals surface area (Å²) in [5.74, 6) is -1.53. The van der Waals surface area contributed by atoms with Crippen LogP contribution in [0.2, 0.25) is 5.02 Å². The molecule has 0 aliphatic rings. The molecule has 6 heteroatoms. The van der Waals surface area contributed by atoms with E-state index in [1.54, 1.807) is 25.1 Å². The fourth-order valence-corrected chi connectivity index (χ4v) is 2.73. The Labute approximate surface area is 134 Å². The van der Waals surface area contributed by atoms with Crippen LogP contribution in [0.25, 0.3) is 0 Å². The highest BCUT2D eigenvalue weighted by atomic mass is 79.9. The van der Waals surface area contributed by atoms with E-state index >= 15 is 0 Å². The predicted octanol–water partition coefficient (Wildman–Crippen LogP) is 4.87. The van der Waals surface area contributed by atoms with Crippen molar-refractivity contribution in [2.24, 2.45) is 0 Å². The SMILES string of the molecule is CC(NC(=O)c1ccc(Cl)cc1Br)c1cc(F)ccc1F. The molecular weight excluding hydrogens is 364 g/mol. The van der Waals surface area contributed by atoms with E-state index in [9.17, 15) is 13.6 Å². The van der Waals surface area contributed by atoms with Crippen LogP contribution in [0.5, 0.6) is 0 Å². The van der Waals surface area contributed by atoms with Crippen LogP contribution in [0.15, 0.2) is 40.9 Å². The second-order valence-electron chi connectivity index (χ2n) is 4.49. The maximum atomic E-state index is 13.7. The van der Waals surface area contributed by atoms with Gasteiger partial charge in [0.05, 0.1) is 11.6 Å². The average molecular weight is 375 g/mol. The molecule has 1 N–H and O–H groups in total. The van der Waals surface area contributed by atoms with Gasteiger partial charge in [0, 0.05) is 15.1 Å². The van der Waals surface area contributed by atoms with Gasteiger partial charge in [0.15, 0.2) is 0 Å². The normalized spacial score (nSPS) is 12.0. The molecule has 2 aromatic rings. The minimum atomic E-state index is -0.671. The Morgan fingerprint density at radius 2 is 1.95 bits per heavy atom. The van der Waals surface area contributed by atoms with Crippen LogP contribution in [-0.2, 0) is 0 Å². The van der Waals surface area contributed by atoms with Gasteiger partial charge in [-0.3, -0.25) is 4.79 Å². The summed E-state index contributed by atoms with van der Waals surface area (Å²) < 4.78 is 27.4. The third-order valence-electron chi connectivity index (χ3n) is 2.95. The summed E-state index contributed by atoms with van der Waals surface area (Å²) in [6, 6.07) is 7.18. The maximum absolute atomic E-state index is 13.7. The van der Waals surface area contributed by atoms with Crippen LogP contribution >= 0.6 is 27.5 Å². The molecule has 0 aliphatic heterocycles. The third kappa shape index (κ3) is 3.80. The van der Waals surface area contributed by atoms with Crippen LogP contribution in [0.1, 0.15) is 28.9 Å². The Bertz CT molecular complexity index is 693. The van der Waals surface area contributed by atoms with E-state index in [0.29, 0.717) is 15.1 Å². The van der Waals surface area contributed by atoms with Crippen LogP contribution < -0.4 is 5.32 Å². The third-order valence-corrected chi connectivity index (χ3v) is 3.84. The lowest BCUT2D eigenvalue weighted by molar-refractivity contribution is 0.0938. The fraction of sp³-hybridized carbons (Fsp3) is 0.133. The monoisotopic (exact) mass is 373 g/mol. The van der Waals surface area contributed by atoms with E-state index in [0.717, 1.165) is 18.2 Å². The van der Waals surface area contributed by atoms with Crippen LogP contribution in [0.3, 0.4) is 0 Å². The van der Waals surface area contributed by atoms with Crippen molar-refractivity contribution in [1.29, 1.82) is 0 Å². The van der Waals surface area contributed by atoms with Gasteiger partial charge in [0.1, 0.15) is 11.6 Å². The standard InChI is InChI=1S/C15H11BrClF2NO/c1-8(12-7-10(18)3-5-14(12)19)20-15(21)11-4-2-9(17)6-13(11)16/h2-8H,1H3,(H,20,21). The van der Waals surface area contributed by atoms with Crippen LogP contribution in [0, 0.1) is 11.6 Å². The Balaban J connectivity index is 2.20. The predicted molar refractivity (Wildman–Crippen MR) is 81.4 cm³/mol. The van der Waals surface area contributed by atoms with E-state index in [-0.39, 0.29) is 5.56 Å². The van der Waals surface area contributed by atoms with E-state index in [2.05, 4.69) is 21.2 Å². The van der Waals surface area contributed by atoms with Gasteiger partial charge >= 0.3 is 0 Å². The minimum absolute atomic E-state index is 0.0911. The number of halogens is 4. The van der Waals surface area contributed by atoms with Gasteiger partial charge in [0.2, 0.25) is 0 Å². The summed E-state index contributed by atoms with van der Waals surface area (Å²) >= 11 is 9.05. The summed E-state index contributed by atoms with van der Waals surface area (Å²) in [6.07, 6.45) is 0. The highest BCUT2D eigenvalue weighted by molar-refractivity contribution is 9.10. The van der Waals surface area contributed by atoms with Crippen molar-refractivity contribution >= 4 is 33.4 Å². The van der Waals surface area contributed by atoms with Crippen molar-refractivity contribution in [1.82, 2.24) is 5.32 Å². The summed E-state index contributed by atoms with van der Waals surface area (Å²) in [6.45, 7) is 1.58. The highest BCUT2D eigenvalue weighted by Gasteiger charge is 2.17. The second-order valence-corrected chi connectivity index (χ2v) is 5.78. The highest BCUT2D eigenvalue weighted by Crippen LogP contribution is 2.23. The lowest BCUT2D eigenvalue weighted by atomic mass is 10.1. The molecule has 0 aromatic heterocycles. The lowest BCUT2D eigenvalue weighted by Crippen LogP contribution is -2.27. The summed E-state index contributed by atoms with van der Waals surface area (Å²) in [7, 11) is 0. The quantitative estimate of drug-likeness (QED) is 0.816. The smallest absolute Gasteiger partial charge is 0.252 e. The molecule has 1 amide bonds. The molecule has 110 valence electrons. The van der Waals surface area contributed by atoms with Gasteiger partial charge in [-0.05, 0) is 59.3 Å². The van der Waals surface area contributed by atoms with Gasteiger partial charge in [0.25, 0.3) is 5.91 Å². The van der Waals surface area contributed by atoms with Gasteiger partial charge < -0.3 is 5.32 Å². The molecule has 1 unspecified atom stereocenters. The summed E-state index contributed by atoms with van der Waals surface area (Å²) in [4.78, 5) is 12.2. The van der Waals surface area contributed by atoms with Crippen molar-refractivity contribution in [2.45, 2.75) is 13.0 Å². The minimum Gasteiger partial charge on any atom is -0.345 e. The molecule has 0 spiro atoms. The largest absolute Gasteiger partial charge is 0.345 e. The van der Waals surface area contributed by atoms with Crippen LogP contribution in [-0.4, -0.2) is 5.91 Å². The first-order valence-corrected chi connectivity index (χ1v) is 7.26. The summed E-state index contributed by atoms with van der Waals surface area (Å²) in [5.41, 5.74) is 0.455. The van der Waals surface area contributed by atoms with E-state index in [1.165, 1.54) is 0 Å². The van der Waals surface area contributed by atoms with Gasteiger partial charge in [-0.25, -0.2) is 8.78 Å². The number of hydrogen-bond donors (Lipinski definition) is 1. The first-order chi connectivity index (χ1) is 9.88. The number of hydrogen-bond acceptors (Lipinski definition) is 1. The molecule has 0 saturated heterocycles. The fourth-order valence-electron chi connectivity index (χ4n) is 1.87. The van der Waals surface area contributed by atoms with Crippen molar-refractivity contribution in [3.05, 3.63) is 68.7 Å². The molecule has 0 fully saturated rings. The zero-order valence-electron chi connectivity index (χ0n) is 11.0. The number of nitrogens with one attached hydrogen (secondary N) is 1. The van der Waals surface area contributed by atoms with Crippen molar-refractivity contribution < 1.29 is 13.6 Å². The number of benzene rings is 2. The molecule has 0 aliphatic carbocycles. The molecule has 21 heavy (non-hydrogen) atoms. The molecular formula is C15H11BrClF2NO. The topological polar surface area (TPSA) is 29.1 Å². The molecule has 0 heterocycles. The molecule has 0 bridgehead atoms. The number of carbonyl (C=O) groups is 1. The molecule has 2 rings (SSSR count). The van der Waals surface area contributed by atoms with Gasteiger partial charge in [-0.1, -0.05) is 11.6 Å². The number of rotatable bonds is 3. The summed E-state index contributed by atoms with van der Waals surface area (Å²) in [5, 5.41) is 3.11. The molecule has 2 nitrogen and oxygen atoms in total. The lowest BCUT2D eigenvalue weighted by Gasteiger charge is -2.16. The second kappa shape index (κ2) is 6.54. The van der Waals surface area contributed by atoms with Crippen LogP contribution in [0.4, 0.5) is 8.78 Å². The van der Waals surface area contributed by atoms with E-state index < -0.39 is 23.6 Å². The molecule has 0 saturated carbocycles. The van der Waals surface area contributed by atoms with Crippen molar-refractivity contribution in [3.8, 4) is 0 Å². The Morgan fingerprint density at radius 3 is 2.62 bits per heavy atom. The Kier molecular flexibility index (Phi) is 4.96. The number of amides is 1. The zero-order valence-corrected chi connectivity index (χ0v) is 13.3. The van der Waals surface area contributed by atoms with Crippen molar-refractivity contribution in [2.75, 3.05) is 0 Å². The van der Waals surface area contributed by atoms with E-state index in [1.807, 2.05) is 0 Å². The Hall–Kier alpha value is -1.46. The molecule has 2 aromatic carbocycles.